The smallest absolute Gasteiger partial charge is 0.332 e. The summed E-state index contributed by atoms with van der Waals surface area (Å²) < 4.78 is 14.4. The van der Waals surface area contributed by atoms with Crippen LogP contribution in [-0.2, 0) is 41.5 Å². The Labute approximate surface area is 155 Å². The summed E-state index contributed by atoms with van der Waals surface area (Å²) in [5.74, 6) is 0.0465. The zero-order valence-electron chi connectivity index (χ0n) is 16.3. The second-order valence-corrected chi connectivity index (χ2v) is 7.02. The van der Waals surface area contributed by atoms with Crippen molar-refractivity contribution in [2.75, 3.05) is 20.2 Å². The van der Waals surface area contributed by atoms with Crippen molar-refractivity contribution in [2.45, 2.75) is 39.1 Å². The minimum atomic E-state index is -0.491. The third kappa shape index (κ3) is 3.54. The van der Waals surface area contributed by atoms with Crippen molar-refractivity contribution >= 4 is 17.1 Å². The fourth-order valence-electron chi connectivity index (χ4n) is 3.59. The molecular formula is C17H25N5O5. The number of imidazole rings is 1. The van der Waals surface area contributed by atoms with Gasteiger partial charge in [-0.3, -0.25) is 23.6 Å². The first-order chi connectivity index (χ1) is 12.7. The Balaban J connectivity index is 2.13. The second-order valence-electron chi connectivity index (χ2n) is 7.02. The van der Waals surface area contributed by atoms with Crippen molar-refractivity contribution in [1.82, 2.24) is 23.6 Å². The molecule has 2 aromatic rings. The lowest BCUT2D eigenvalue weighted by molar-refractivity contribution is -0.141. The molecule has 148 valence electrons. The number of carbonyl (C=O) groups is 1. The number of morpholine rings is 1. The first-order valence-electron chi connectivity index (χ1n) is 8.82. The first-order valence-corrected chi connectivity index (χ1v) is 8.82. The van der Waals surface area contributed by atoms with Gasteiger partial charge in [-0.25, -0.2) is 9.78 Å². The molecule has 3 rings (SSSR count). The predicted molar refractivity (Wildman–Crippen MR) is 97.5 cm³/mol. The number of fused-ring (bicyclic) bond motifs is 1. The maximum absolute atomic E-state index is 12.7. The molecule has 1 aliphatic heterocycles. The first kappa shape index (κ1) is 19.3. The summed E-state index contributed by atoms with van der Waals surface area (Å²) in [6.45, 7) is 5.71. The van der Waals surface area contributed by atoms with E-state index in [0.29, 0.717) is 25.5 Å². The van der Waals surface area contributed by atoms with Gasteiger partial charge in [0, 0.05) is 27.2 Å². The van der Waals surface area contributed by atoms with E-state index in [1.165, 1.54) is 18.7 Å². The molecule has 2 atom stereocenters. The normalized spacial score (nSPS) is 20.9. The van der Waals surface area contributed by atoms with E-state index in [1.54, 1.807) is 11.6 Å². The lowest BCUT2D eigenvalue weighted by Crippen LogP contribution is -2.45. The fourth-order valence-corrected chi connectivity index (χ4v) is 3.59. The summed E-state index contributed by atoms with van der Waals surface area (Å²) in [4.78, 5) is 43.6. The Kier molecular flexibility index (Phi) is 5.20. The number of ether oxygens (including phenoxy) is 2. The van der Waals surface area contributed by atoms with Gasteiger partial charge in [-0.15, -0.1) is 0 Å². The highest BCUT2D eigenvalue weighted by Crippen LogP contribution is 2.17. The summed E-state index contributed by atoms with van der Waals surface area (Å²) in [6.07, 6.45) is 0.147. The van der Waals surface area contributed by atoms with E-state index in [0.717, 1.165) is 4.57 Å². The van der Waals surface area contributed by atoms with Crippen LogP contribution in [0.15, 0.2) is 9.59 Å². The molecule has 0 radical (unpaired) electrons. The lowest BCUT2D eigenvalue weighted by atomic mass is 10.2. The topological polar surface area (TPSA) is 101 Å². The molecule has 0 bridgehead atoms. The number of esters is 1. The van der Waals surface area contributed by atoms with Gasteiger partial charge >= 0.3 is 11.7 Å². The van der Waals surface area contributed by atoms with Crippen LogP contribution < -0.4 is 11.2 Å². The van der Waals surface area contributed by atoms with Crippen molar-refractivity contribution in [3.63, 3.8) is 0 Å². The highest BCUT2D eigenvalue weighted by molar-refractivity contribution is 5.75. The van der Waals surface area contributed by atoms with Crippen LogP contribution in [0.3, 0.4) is 0 Å². The van der Waals surface area contributed by atoms with E-state index < -0.39 is 17.2 Å². The Bertz CT molecular complexity index is 978. The molecule has 0 unspecified atom stereocenters. The number of aryl methyl sites for hydroxylation is 1. The van der Waals surface area contributed by atoms with Crippen LogP contribution >= 0.6 is 0 Å². The molecule has 0 spiro atoms. The Morgan fingerprint density at radius 1 is 1.19 bits per heavy atom. The van der Waals surface area contributed by atoms with Gasteiger partial charge in [0.1, 0.15) is 12.4 Å². The van der Waals surface area contributed by atoms with Crippen LogP contribution in [0.25, 0.3) is 11.2 Å². The summed E-state index contributed by atoms with van der Waals surface area (Å²) in [5.41, 5.74) is -0.472. The molecule has 0 aliphatic carbocycles. The molecule has 1 fully saturated rings. The molecular weight excluding hydrogens is 354 g/mol. The van der Waals surface area contributed by atoms with Crippen LogP contribution in [0.4, 0.5) is 0 Å². The standard InChI is InChI=1S/C17H25N5O5/c1-10-6-21(7-11(2)27-10)8-12-18-15-14(22(12)9-13(23)26-5)16(24)20(4)17(25)19(15)3/h10-11H,6-9H2,1-5H3/t10-,11+. The van der Waals surface area contributed by atoms with Crippen LogP contribution in [-0.4, -0.2) is 62.0 Å². The maximum Gasteiger partial charge on any atom is 0.332 e. The highest BCUT2D eigenvalue weighted by Gasteiger charge is 2.26. The number of nitrogens with zero attached hydrogens (tertiary/aromatic N) is 5. The predicted octanol–water partition coefficient (Wildman–Crippen LogP) is -0.784. The van der Waals surface area contributed by atoms with E-state index in [2.05, 4.69) is 9.88 Å². The maximum atomic E-state index is 12.7. The van der Waals surface area contributed by atoms with Gasteiger partial charge in [-0.05, 0) is 13.8 Å². The van der Waals surface area contributed by atoms with E-state index in [9.17, 15) is 14.4 Å². The van der Waals surface area contributed by atoms with Gasteiger partial charge in [0.2, 0.25) is 0 Å². The molecule has 1 saturated heterocycles. The van der Waals surface area contributed by atoms with E-state index in [4.69, 9.17) is 9.47 Å². The molecule has 10 nitrogen and oxygen atoms in total. The van der Waals surface area contributed by atoms with Gasteiger partial charge in [-0.2, -0.15) is 0 Å². The van der Waals surface area contributed by atoms with Crippen LogP contribution in [0.1, 0.15) is 19.7 Å². The van der Waals surface area contributed by atoms with Crippen LogP contribution in [0.2, 0.25) is 0 Å². The van der Waals surface area contributed by atoms with Gasteiger partial charge in [0.15, 0.2) is 11.2 Å². The fraction of sp³-hybridized carbons (Fsp3) is 0.647. The van der Waals surface area contributed by atoms with E-state index in [-0.39, 0.29) is 29.9 Å². The summed E-state index contributed by atoms with van der Waals surface area (Å²) in [6, 6.07) is 0. The molecule has 10 heteroatoms. The van der Waals surface area contributed by atoms with Gasteiger partial charge in [0.25, 0.3) is 5.56 Å². The number of methoxy groups -OCH3 is 1. The molecule has 2 aromatic heterocycles. The van der Waals surface area contributed by atoms with E-state index >= 15 is 0 Å². The Morgan fingerprint density at radius 3 is 2.41 bits per heavy atom. The molecule has 0 N–H and O–H groups in total. The van der Waals surface area contributed by atoms with Crippen molar-refractivity contribution < 1.29 is 14.3 Å². The van der Waals surface area contributed by atoms with E-state index in [1.807, 2.05) is 13.8 Å². The number of rotatable bonds is 4. The zero-order valence-corrected chi connectivity index (χ0v) is 16.3. The minimum Gasteiger partial charge on any atom is -0.468 e. The zero-order chi connectivity index (χ0) is 19.9. The molecule has 3 heterocycles. The second kappa shape index (κ2) is 7.28. The third-order valence-electron chi connectivity index (χ3n) is 4.80. The van der Waals surface area contributed by atoms with Crippen LogP contribution in [0.5, 0.6) is 0 Å². The molecule has 1 aliphatic rings. The molecule has 0 aromatic carbocycles. The summed E-state index contributed by atoms with van der Waals surface area (Å²) in [7, 11) is 4.26. The quantitative estimate of drug-likeness (QED) is 0.642. The summed E-state index contributed by atoms with van der Waals surface area (Å²) >= 11 is 0. The highest BCUT2D eigenvalue weighted by atomic mass is 16.5. The number of aromatic nitrogens is 4. The molecule has 0 amide bonds. The average Bonchev–Trinajstić information content (AvgIpc) is 2.95. The molecule has 27 heavy (non-hydrogen) atoms. The SMILES string of the molecule is COC(=O)Cn1c(CN2C[C@@H](C)O[C@@H](C)C2)nc2c1c(=O)n(C)c(=O)n2C. The number of hydrogen-bond donors (Lipinski definition) is 0. The lowest BCUT2D eigenvalue weighted by Gasteiger charge is -2.35. The van der Waals surface area contributed by atoms with Crippen molar-refractivity contribution in [2.24, 2.45) is 14.1 Å². The minimum absolute atomic E-state index is 0.0735. The van der Waals surface area contributed by atoms with Gasteiger partial charge < -0.3 is 14.0 Å². The number of carbonyl (C=O) groups excluding carboxylic acids is 1. The van der Waals surface area contributed by atoms with Crippen molar-refractivity contribution in [1.29, 1.82) is 0 Å². The van der Waals surface area contributed by atoms with Gasteiger partial charge in [-0.1, -0.05) is 0 Å². The Hall–Kier alpha value is -2.46. The molecule has 0 saturated carbocycles. The monoisotopic (exact) mass is 379 g/mol. The van der Waals surface area contributed by atoms with Crippen molar-refractivity contribution in [3.05, 3.63) is 26.7 Å². The Morgan fingerprint density at radius 2 is 1.81 bits per heavy atom. The van der Waals surface area contributed by atoms with Gasteiger partial charge in [0.05, 0.1) is 25.9 Å². The largest absolute Gasteiger partial charge is 0.468 e. The average molecular weight is 379 g/mol. The summed E-state index contributed by atoms with van der Waals surface area (Å²) in [5, 5.41) is 0. The van der Waals surface area contributed by atoms with Crippen molar-refractivity contribution in [3.8, 4) is 0 Å². The van der Waals surface area contributed by atoms with Crippen LogP contribution in [0, 0.1) is 0 Å². The number of hydrogen-bond acceptors (Lipinski definition) is 7. The third-order valence-corrected chi connectivity index (χ3v) is 4.80.